The number of carbonyl (C=O) groups excluding carboxylic acids is 1. The van der Waals surface area contributed by atoms with Crippen molar-refractivity contribution in [2.75, 3.05) is 18.0 Å². The molecule has 3 heterocycles. The second-order valence-corrected chi connectivity index (χ2v) is 6.55. The average Bonchev–Trinajstić information content (AvgIpc) is 3.22. The van der Waals surface area contributed by atoms with E-state index in [1.54, 1.807) is 10.8 Å². The molecule has 1 saturated heterocycles. The summed E-state index contributed by atoms with van der Waals surface area (Å²) in [5.41, 5.74) is 3.64. The Morgan fingerprint density at radius 1 is 1.24 bits per heavy atom. The third kappa shape index (κ3) is 3.05. The average molecular weight is 336 g/mol. The monoisotopic (exact) mass is 336 g/mol. The predicted molar refractivity (Wildman–Crippen MR) is 94.8 cm³/mol. The number of hydrogen-bond acceptors (Lipinski definition) is 5. The Hall–Kier alpha value is -2.96. The van der Waals surface area contributed by atoms with Crippen LogP contribution in [0.5, 0.6) is 0 Å². The number of rotatable bonds is 3. The highest BCUT2D eigenvalue weighted by Crippen LogP contribution is 2.19. The van der Waals surface area contributed by atoms with Gasteiger partial charge in [0.15, 0.2) is 5.65 Å². The van der Waals surface area contributed by atoms with E-state index in [1.165, 1.54) is 0 Å². The minimum absolute atomic E-state index is 0.00780. The molecule has 1 unspecified atom stereocenters. The van der Waals surface area contributed by atoms with Crippen LogP contribution in [0.25, 0.3) is 5.65 Å². The second kappa shape index (κ2) is 6.16. The van der Waals surface area contributed by atoms with E-state index in [0.717, 1.165) is 47.7 Å². The second-order valence-electron chi connectivity index (χ2n) is 6.55. The van der Waals surface area contributed by atoms with Gasteiger partial charge in [-0.25, -0.2) is 0 Å². The fraction of sp³-hybridized carbons (Fsp3) is 0.333. The quantitative estimate of drug-likeness (QED) is 0.789. The van der Waals surface area contributed by atoms with Crippen LogP contribution in [0.15, 0.2) is 36.7 Å². The van der Waals surface area contributed by atoms with Crippen LogP contribution >= 0.6 is 0 Å². The first-order chi connectivity index (χ1) is 12.1. The molecule has 0 aliphatic carbocycles. The van der Waals surface area contributed by atoms with Gasteiger partial charge in [-0.1, -0.05) is 17.7 Å². The first-order valence-corrected chi connectivity index (χ1v) is 8.40. The van der Waals surface area contributed by atoms with Gasteiger partial charge in [0.2, 0.25) is 0 Å². The molecule has 1 fully saturated rings. The molecule has 1 N–H and O–H groups in total. The molecule has 0 bridgehead atoms. The summed E-state index contributed by atoms with van der Waals surface area (Å²) in [6, 6.07) is 9.87. The maximum atomic E-state index is 12.6. The first-order valence-electron chi connectivity index (χ1n) is 8.40. The zero-order valence-corrected chi connectivity index (χ0v) is 14.3. The number of carbonyl (C=O) groups is 1. The fourth-order valence-electron chi connectivity index (χ4n) is 3.30. The van der Waals surface area contributed by atoms with Crippen LogP contribution in [-0.4, -0.2) is 44.8 Å². The van der Waals surface area contributed by atoms with Gasteiger partial charge < -0.3 is 10.2 Å². The van der Waals surface area contributed by atoms with E-state index in [9.17, 15) is 4.79 Å². The Morgan fingerprint density at radius 2 is 2.12 bits per heavy atom. The Labute approximate surface area is 145 Å². The smallest absolute Gasteiger partial charge is 0.251 e. The van der Waals surface area contributed by atoms with Crippen molar-refractivity contribution in [3.63, 3.8) is 0 Å². The van der Waals surface area contributed by atoms with Crippen LogP contribution in [0, 0.1) is 13.8 Å². The number of nitrogens with zero attached hydrogens (tertiary/aromatic N) is 5. The van der Waals surface area contributed by atoms with E-state index >= 15 is 0 Å². The van der Waals surface area contributed by atoms with Gasteiger partial charge in [0.25, 0.3) is 5.91 Å². The van der Waals surface area contributed by atoms with Crippen LogP contribution in [0.1, 0.15) is 27.9 Å². The lowest BCUT2D eigenvalue weighted by molar-refractivity contribution is 0.0940. The summed E-state index contributed by atoms with van der Waals surface area (Å²) < 4.78 is 1.66. The highest BCUT2D eigenvalue weighted by molar-refractivity contribution is 5.95. The minimum atomic E-state index is -0.00780. The van der Waals surface area contributed by atoms with Gasteiger partial charge >= 0.3 is 0 Å². The van der Waals surface area contributed by atoms with Crippen LogP contribution in [0.4, 0.5) is 5.82 Å². The molecular weight excluding hydrogens is 316 g/mol. The summed E-state index contributed by atoms with van der Waals surface area (Å²) in [7, 11) is 0. The number of amides is 1. The summed E-state index contributed by atoms with van der Waals surface area (Å²) in [6.45, 7) is 5.61. The van der Waals surface area contributed by atoms with Crippen molar-refractivity contribution < 1.29 is 4.79 Å². The molecule has 7 nitrogen and oxygen atoms in total. The highest BCUT2D eigenvalue weighted by Gasteiger charge is 2.25. The number of anilines is 1. The molecule has 128 valence electrons. The van der Waals surface area contributed by atoms with E-state index in [0.29, 0.717) is 0 Å². The zero-order valence-electron chi connectivity index (χ0n) is 14.3. The van der Waals surface area contributed by atoms with Crippen molar-refractivity contribution in [1.29, 1.82) is 0 Å². The lowest BCUT2D eigenvalue weighted by atomic mass is 10.0. The molecule has 1 atom stereocenters. The van der Waals surface area contributed by atoms with E-state index in [2.05, 4.69) is 25.5 Å². The SMILES string of the molecule is Cc1ccc(C(=O)NC2CCN(c3ccc4nncn4n3)C2)c(C)c1. The number of hydrogen-bond donors (Lipinski definition) is 1. The summed E-state index contributed by atoms with van der Waals surface area (Å²) in [5, 5.41) is 15.5. The molecule has 4 rings (SSSR count). The molecule has 0 spiro atoms. The van der Waals surface area contributed by atoms with Crippen molar-refractivity contribution in [2.45, 2.75) is 26.3 Å². The highest BCUT2D eigenvalue weighted by atomic mass is 16.1. The van der Waals surface area contributed by atoms with Gasteiger partial charge in [0.1, 0.15) is 12.1 Å². The Balaban J connectivity index is 1.44. The number of aryl methyl sites for hydroxylation is 2. The van der Waals surface area contributed by atoms with Gasteiger partial charge in [-0.3, -0.25) is 4.79 Å². The molecule has 3 aromatic rings. The van der Waals surface area contributed by atoms with Crippen LogP contribution < -0.4 is 10.2 Å². The third-order valence-corrected chi connectivity index (χ3v) is 4.62. The molecule has 25 heavy (non-hydrogen) atoms. The maximum absolute atomic E-state index is 12.6. The van der Waals surface area contributed by atoms with Crippen LogP contribution in [-0.2, 0) is 0 Å². The van der Waals surface area contributed by atoms with E-state index in [4.69, 9.17) is 0 Å². The van der Waals surface area contributed by atoms with Gasteiger partial charge in [-0.15, -0.1) is 15.3 Å². The molecule has 7 heteroatoms. The van der Waals surface area contributed by atoms with Crippen molar-refractivity contribution >= 4 is 17.4 Å². The van der Waals surface area contributed by atoms with Crippen LogP contribution in [0.2, 0.25) is 0 Å². The molecule has 1 aromatic carbocycles. The molecule has 2 aromatic heterocycles. The maximum Gasteiger partial charge on any atom is 0.251 e. The Kier molecular flexibility index (Phi) is 3.83. The normalized spacial score (nSPS) is 17.2. The first kappa shape index (κ1) is 15.6. The minimum Gasteiger partial charge on any atom is -0.353 e. The zero-order chi connectivity index (χ0) is 17.4. The predicted octanol–water partition coefficient (Wildman–Crippen LogP) is 1.75. The standard InChI is InChI=1S/C18H20N6O/c1-12-3-4-15(13(2)9-12)18(25)20-14-7-8-23(10-14)17-6-5-16-21-19-11-24(16)22-17/h3-6,9,11,14H,7-8,10H2,1-2H3,(H,20,25). The summed E-state index contributed by atoms with van der Waals surface area (Å²) >= 11 is 0. The van der Waals surface area contributed by atoms with Crippen molar-refractivity contribution in [1.82, 2.24) is 25.1 Å². The molecule has 1 aliphatic rings. The number of nitrogens with one attached hydrogen (secondary N) is 1. The Morgan fingerprint density at radius 3 is 2.96 bits per heavy atom. The number of fused-ring (bicyclic) bond motifs is 1. The number of benzene rings is 1. The van der Waals surface area contributed by atoms with Gasteiger partial charge in [0.05, 0.1) is 0 Å². The molecule has 1 amide bonds. The van der Waals surface area contributed by atoms with E-state index < -0.39 is 0 Å². The topological polar surface area (TPSA) is 75.4 Å². The van der Waals surface area contributed by atoms with Crippen LogP contribution in [0.3, 0.4) is 0 Å². The summed E-state index contributed by atoms with van der Waals surface area (Å²) in [4.78, 5) is 14.7. The lowest BCUT2D eigenvalue weighted by Crippen LogP contribution is -2.37. The molecule has 1 aliphatic heterocycles. The molecule has 0 radical (unpaired) electrons. The van der Waals surface area contributed by atoms with Gasteiger partial charge in [0, 0.05) is 24.7 Å². The van der Waals surface area contributed by atoms with Gasteiger partial charge in [-0.05, 0) is 44.0 Å². The largest absolute Gasteiger partial charge is 0.353 e. The summed E-state index contributed by atoms with van der Waals surface area (Å²) in [5.74, 6) is 0.863. The summed E-state index contributed by atoms with van der Waals surface area (Å²) in [6.07, 6.45) is 2.49. The Bertz CT molecular complexity index is 934. The van der Waals surface area contributed by atoms with E-state index in [-0.39, 0.29) is 11.9 Å². The van der Waals surface area contributed by atoms with E-state index in [1.807, 2.05) is 44.2 Å². The number of aromatic nitrogens is 4. The molecule has 0 saturated carbocycles. The van der Waals surface area contributed by atoms with Crippen molar-refractivity contribution in [3.05, 3.63) is 53.3 Å². The third-order valence-electron chi connectivity index (χ3n) is 4.62. The fourth-order valence-corrected chi connectivity index (χ4v) is 3.30. The van der Waals surface area contributed by atoms with Crippen molar-refractivity contribution in [3.8, 4) is 0 Å². The molecular formula is C18H20N6O. The lowest BCUT2D eigenvalue weighted by Gasteiger charge is -2.18. The van der Waals surface area contributed by atoms with Gasteiger partial charge in [-0.2, -0.15) is 4.52 Å². The van der Waals surface area contributed by atoms with Crippen molar-refractivity contribution in [2.24, 2.45) is 0 Å².